The van der Waals surface area contributed by atoms with E-state index in [1.54, 1.807) is 35.2 Å². The standard InChI is InChI=1S/C23H20Cl5N3O4/c24-19-20(25)31(12-29-19)10-17-9-18(14-3-1-13(11-32)2-4-14)35-21(34-17)15-5-7-16(8-6-15)30-22(33)23(26,27)28/h1-8,12,17-18,21,32H,9-11H2,(H,30,33)/t17-,18+,21+/m0/s1. The summed E-state index contributed by atoms with van der Waals surface area (Å²) in [6.45, 7) is 0.377. The van der Waals surface area contributed by atoms with Gasteiger partial charge in [0.25, 0.3) is 9.70 Å². The number of carbonyl (C=O) groups is 1. The fourth-order valence-electron chi connectivity index (χ4n) is 3.65. The number of aliphatic hydroxyl groups is 1. The first kappa shape index (κ1) is 26.5. The van der Waals surface area contributed by atoms with E-state index in [1.165, 1.54) is 0 Å². The SMILES string of the molecule is O=C(Nc1ccc([C@@H]2O[C@H](Cn3cnc(Cl)c3Cl)C[C@H](c3ccc(CO)cc3)O2)cc1)C(Cl)(Cl)Cl. The van der Waals surface area contributed by atoms with E-state index >= 15 is 0 Å². The third kappa shape index (κ3) is 6.61. The molecule has 0 radical (unpaired) electrons. The van der Waals surface area contributed by atoms with E-state index in [0.717, 1.165) is 16.7 Å². The largest absolute Gasteiger partial charge is 0.392 e. The maximum Gasteiger partial charge on any atom is 0.276 e. The Hall–Kier alpha value is -1.55. The molecule has 7 nitrogen and oxygen atoms in total. The molecule has 0 bridgehead atoms. The number of ether oxygens (including phenoxy) is 2. The van der Waals surface area contributed by atoms with Crippen molar-refractivity contribution in [2.24, 2.45) is 0 Å². The van der Waals surface area contributed by atoms with E-state index in [-0.39, 0.29) is 24.0 Å². The number of aliphatic hydroxyl groups excluding tert-OH is 1. The number of halogens is 5. The van der Waals surface area contributed by atoms with Crippen molar-refractivity contribution in [3.63, 3.8) is 0 Å². The maximum atomic E-state index is 11.9. The minimum atomic E-state index is -2.07. The second kappa shape index (κ2) is 11.2. The zero-order valence-electron chi connectivity index (χ0n) is 18.0. The predicted molar refractivity (Wildman–Crippen MR) is 136 cm³/mol. The lowest BCUT2D eigenvalue weighted by Crippen LogP contribution is -2.32. The van der Waals surface area contributed by atoms with Gasteiger partial charge in [0, 0.05) is 17.7 Å². The first-order chi connectivity index (χ1) is 16.6. The van der Waals surface area contributed by atoms with Crippen molar-refractivity contribution < 1.29 is 19.4 Å². The van der Waals surface area contributed by atoms with Gasteiger partial charge in [0.05, 0.1) is 31.7 Å². The van der Waals surface area contributed by atoms with Gasteiger partial charge in [-0.1, -0.05) is 94.4 Å². The number of carbonyl (C=O) groups excluding carboxylic acids is 1. The van der Waals surface area contributed by atoms with Gasteiger partial charge >= 0.3 is 0 Å². The zero-order valence-corrected chi connectivity index (χ0v) is 21.8. The second-order valence-electron chi connectivity index (χ2n) is 7.90. The van der Waals surface area contributed by atoms with Crippen molar-refractivity contribution in [1.29, 1.82) is 0 Å². The van der Waals surface area contributed by atoms with Gasteiger partial charge in [0.15, 0.2) is 11.4 Å². The van der Waals surface area contributed by atoms with E-state index < -0.39 is 16.0 Å². The number of nitrogens with zero attached hydrogens (tertiary/aromatic N) is 2. The quantitative estimate of drug-likeness (QED) is 0.338. The molecule has 0 unspecified atom stereocenters. The van der Waals surface area contributed by atoms with E-state index in [2.05, 4.69) is 10.3 Å². The van der Waals surface area contributed by atoms with Crippen LogP contribution in [-0.4, -0.2) is 30.5 Å². The molecule has 1 aliphatic heterocycles. The van der Waals surface area contributed by atoms with Crippen LogP contribution in [0.25, 0.3) is 0 Å². The molecule has 1 fully saturated rings. The molecule has 1 aliphatic rings. The van der Waals surface area contributed by atoms with Crippen LogP contribution in [-0.2, 0) is 27.4 Å². The lowest BCUT2D eigenvalue weighted by Gasteiger charge is -2.36. The molecule has 0 spiro atoms. The Balaban J connectivity index is 1.55. The van der Waals surface area contributed by atoms with Crippen molar-refractivity contribution >= 4 is 69.6 Å². The van der Waals surface area contributed by atoms with Gasteiger partial charge in [0.1, 0.15) is 5.15 Å². The molecule has 1 amide bonds. The molecule has 2 N–H and O–H groups in total. The minimum Gasteiger partial charge on any atom is -0.392 e. The Morgan fingerprint density at radius 2 is 1.71 bits per heavy atom. The molecule has 4 rings (SSSR count). The molecule has 186 valence electrons. The summed E-state index contributed by atoms with van der Waals surface area (Å²) < 4.78 is 12.2. The van der Waals surface area contributed by atoms with Gasteiger partial charge < -0.3 is 24.5 Å². The van der Waals surface area contributed by atoms with Crippen LogP contribution in [0, 0.1) is 0 Å². The van der Waals surface area contributed by atoms with Gasteiger partial charge in [-0.2, -0.15) is 0 Å². The number of aromatic nitrogens is 2. The van der Waals surface area contributed by atoms with Crippen LogP contribution in [0.5, 0.6) is 0 Å². The Morgan fingerprint density at radius 3 is 2.29 bits per heavy atom. The van der Waals surface area contributed by atoms with E-state index in [1.807, 2.05) is 24.3 Å². The number of hydrogen-bond donors (Lipinski definition) is 2. The molecule has 1 saturated heterocycles. The predicted octanol–water partition coefficient (Wildman–Crippen LogP) is 6.24. The zero-order chi connectivity index (χ0) is 25.2. The van der Waals surface area contributed by atoms with Gasteiger partial charge in [-0.05, 0) is 23.3 Å². The molecule has 2 heterocycles. The number of imidazole rings is 1. The Bertz CT molecular complexity index is 1170. The summed E-state index contributed by atoms with van der Waals surface area (Å²) in [4.78, 5) is 15.9. The molecule has 35 heavy (non-hydrogen) atoms. The van der Waals surface area contributed by atoms with Crippen LogP contribution >= 0.6 is 58.0 Å². The number of anilines is 1. The van der Waals surface area contributed by atoms with Crippen LogP contribution in [0.1, 0.15) is 35.5 Å². The summed E-state index contributed by atoms with van der Waals surface area (Å²) in [6.07, 6.45) is 0.854. The molecule has 3 atom stereocenters. The number of alkyl halides is 3. The van der Waals surface area contributed by atoms with Crippen molar-refractivity contribution in [2.45, 2.75) is 41.9 Å². The van der Waals surface area contributed by atoms with Crippen molar-refractivity contribution in [1.82, 2.24) is 9.55 Å². The van der Waals surface area contributed by atoms with Crippen molar-refractivity contribution in [3.8, 4) is 0 Å². The average Bonchev–Trinajstić information content (AvgIpc) is 3.16. The molecule has 0 aliphatic carbocycles. The fraction of sp³-hybridized carbons (Fsp3) is 0.304. The monoisotopic (exact) mass is 577 g/mol. The first-order valence-corrected chi connectivity index (χ1v) is 12.4. The van der Waals surface area contributed by atoms with Crippen LogP contribution in [0.15, 0.2) is 54.9 Å². The first-order valence-electron chi connectivity index (χ1n) is 10.5. The Kier molecular flexibility index (Phi) is 8.51. The molecule has 0 saturated carbocycles. The summed E-state index contributed by atoms with van der Waals surface area (Å²) in [6, 6.07) is 14.4. The normalized spacial score (nSPS) is 20.6. The third-order valence-corrected chi connectivity index (χ3v) is 6.73. The summed E-state index contributed by atoms with van der Waals surface area (Å²) in [5.41, 5.74) is 2.93. The number of rotatable bonds is 6. The molecular weight excluding hydrogens is 560 g/mol. The van der Waals surface area contributed by atoms with E-state index in [0.29, 0.717) is 23.8 Å². The summed E-state index contributed by atoms with van der Waals surface area (Å²) in [7, 11) is 0. The average molecular weight is 580 g/mol. The van der Waals surface area contributed by atoms with E-state index in [4.69, 9.17) is 67.5 Å². The highest BCUT2D eigenvalue weighted by Gasteiger charge is 2.33. The molecular formula is C23H20Cl5N3O4. The van der Waals surface area contributed by atoms with Crippen LogP contribution in [0.2, 0.25) is 10.3 Å². The maximum absolute atomic E-state index is 11.9. The minimum absolute atomic E-state index is 0.0405. The van der Waals surface area contributed by atoms with E-state index in [9.17, 15) is 9.90 Å². The summed E-state index contributed by atoms with van der Waals surface area (Å²) >= 11 is 29.1. The molecule has 1 aromatic heterocycles. The highest BCUT2D eigenvalue weighted by molar-refractivity contribution is 6.76. The second-order valence-corrected chi connectivity index (χ2v) is 10.9. The number of amides is 1. The number of nitrogens with one attached hydrogen (secondary N) is 1. The van der Waals surface area contributed by atoms with Crippen LogP contribution in [0.4, 0.5) is 5.69 Å². The number of hydrogen-bond acceptors (Lipinski definition) is 5. The van der Waals surface area contributed by atoms with Crippen molar-refractivity contribution in [3.05, 3.63) is 81.9 Å². The lowest BCUT2D eigenvalue weighted by atomic mass is 10.00. The van der Waals surface area contributed by atoms with Crippen LogP contribution < -0.4 is 5.32 Å². The van der Waals surface area contributed by atoms with Crippen molar-refractivity contribution in [2.75, 3.05) is 5.32 Å². The van der Waals surface area contributed by atoms with Gasteiger partial charge in [0.2, 0.25) is 0 Å². The highest BCUT2D eigenvalue weighted by Crippen LogP contribution is 2.39. The fourth-order valence-corrected chi connectivity index (χ4v) is 4.10. The van der Waals surface area contributed by atoms with Gasteiger partial charge in [-0.25, -0.2) is 4.98 Å². The molecule has 2 aromatic carbocycles. The highest BCUT2D eigenvalue weighted by atomic mass is 35.6. The molecule has 3 aromatic rings. The third-order valence-electron chi connectivity index (χ3n) is 5.45. The van der Waals surface area contributed by atoms with Gasteiger partial charge in [-0.15, -0.1) is 0 Å². The topological polar surface area (TPSA) is 85.6 Å². The summed E-state index contributed by atoms with van der Waals surface area (Å²) in [5.74, 6) is -0.761. The van der Waals surface area contributed by atoms with Crippen LogP contribution in [0.3, 0.4) is 0 Å². The van der Waals surface area contributed by atoms with Gasteiger partial charge in [-0.3, -0.25) is 4.79 Å². The smallest absolute Gasteiger partial charge is 0.276 e. The summed E-state index contributed by atoms with van der Waals surface area (Å²) in [5, 5.41) is 12.4. The molecule has 12 heteroatoms. The number of benzene rings is 2. The Morgan fingerprint density at radius 1 is 1.06 bits per heavy atom. The lowest BCUT2D eigenvalue weighted by molar-refractivity contribution is -0.252. The Labute approximate surface area is 226 Å².